The summed E-state index contributed by atoms with van der Waals surface area (Å²) in [6.45, 7) is 2.10. The van der Waals surface area contributed by atoms with Crippen LogP contribution >= 0.6 is 23.4 Å². The van der Waals surface area contributed by atoms with E-state index in [0.29, 0.717) is 16.7 Å². The minimum Gasteiger partial charge on any atom is -0.497 e. The highest BCUT2D eigenvalue weighted by Gasteiger charge is 2.09. The van der Waals surface area contributed by atoms with Gasteiger partial charge in [0, 0.05) is 16.0 Å². The predicted molar refractivity (Wildman–Crippen MR) is 68.4 cm³/mol. The van der Waals surface area contributed by atoms with E-state index < -0.39 is 0 Å². The molecule has 1 aromatic carbocycles. The maximum atomic E-state index is 8.99. The number of thioether (sulfide) groups is 1. The first-order chi connectivity index (χ1) is 7.71. The number of methoxy groups -OCH3 is 1. The number of alkyl halides is 1. The van der Waals surface area contributed by atoms with E-state index >= 15 is 0 Å². The second-order valence-electron chi connectivity index (χ2n) is 3.38. The van der Waals surface area contributed by atoms with Gasteiger partial charge in [0.2, 0.25) is 0 Å². The summed E-state index contributed by atoms with van der Waals surface area (Å²) in [5, 5.41) is 9.39. The van der Waals surface area contributed by atoms with Crippen LogP contribution in [0.2, 0.25) is 0 Å². The minimum atomic E-state index is 0.400. The largest absolute Gasteiger partial charge is 0.497 e. The summed E-state index contributed by atoms with van der Waals surface area (Å²) in [5.41, 5.74) is 0.687. The fraction of sp³-hybridized carbons (Fsp3) is 0.417. The lowest BCUT2D eigenvalue weighted by Crippen LogP contribution is -1.97. The van der Waals surface area contributed by atoms with Crippen LogP contribution in [0.25, 0.3) is 0 Å². The lowest BCUT2D eigenvalue weighted by molar-refractivity contribution is 0.413. The van der Waals surface area contributed by atoms with Gasteiger partial charge in [-0.25, -0.2) is 0 Å². The Morgan fingerprint density at radius 2 is 2.31 bits per heavy atom. The van der Waals surface area contributed by atoms with Gasteiger partial charge in [0.25, 0.3) is 0 Å². The molecule has 0 N–H and O–H groups in total. The zero-order valence-corrected chi connectivity index (χ0v) is 10.9. The Labute approximate surface area is 106 Å². The maximum Gasteiger partial charge on any atom is 0.120 e. The highest BCUT2D eigenvalue weighted by molar-refractivity contribution is 8.00. The molecule has 1 aromatic rings. The molecule has 0 radical (unpaired) electrons. The molecule has 0 fully saturated rings. The molecule has 1 unspecified atom stereocenters. The molecule has 0 aliphatic carbocycles. The number of benzene rings is 1. The molecule has 1 atom stereocenters. The number of nitrogens with zero attached hydrogens (tertiary/aromatic N) is 1. The summed E-state index contributed by atoms with van der Waals surface area (Å²) < 4.78 is 5.15. The summed E-state index contributed by atoms with van der Waals surface area (Å²) in [4.78, 5) is 0.958. The summed E-state index contributed by atoms with van der Waals surface area (Å²) in [5.74, 6) is 1.42. The summed E-state index contributed by atoms with van der Waals surface area (Å²) in [7, 11) is 1.62. The van der Waals surface area contributed by atoms with Gasteiger partial charge in [0.05, 0.1) is 12.7 Å². The van der Waals surface area contributed by atoms with Gasteiger partial charge in [0.15, 0.2) is 0 Å². The van der Waals surface area contributed by atoms with Crippen molar-refractivity contribution in [3.05, 3.63) is 23.8 Å². The number of nitriles is 1. The molecule has 0 aliphatic rings. The normalized spacial score (nSPS) is 11.9. The molecule has 0 spiro atoms. The second-order valence-corrected chi connectivity index (χ2v) is 5.24. The van der Waals surface area contributed by atoms with Crippen LogP contribution in [0.15, 0.2) is 23.1 Å². The van der Waals surface area contributed by atoms with Crippen LogP contribution in [0, 0.1) is 11.3 Å². The SMILES string of the molecule is COc1ccc(C#N)c(SC(C)CCCl)c1. The van der Waals surface area contributed by atoms with Crippen LogP contribution in [-0.4, -0.2) is 18.2 Å². The van der Waals surface area contributed by atoms with Crippen molar-refractivity contribution >= 4 is 23.4 Å². The van der Waals surface area contributed by atoms with Crippen molar-refractivity contribution in [1.82, 2.24) is 0 Å². The Bertz CT molecular complexity index is 389. The van der Waals surface area contributed by atoms with Gasteiger partial charge in [-0.05, 0) is 24.6 Å². The number of rotatable bonds is 5. The van der Waals surface area contributed by atoms with Crippen LogP contribution in [0.3, 0.4) is 0 Å². The maximum absolute atomic E-state index is 8.99. The predicted octanol–water partition coefficient (Wildman–Crippen LogP) is 3.68. The fourth-order valence-electron chi connectivity index (χ4n) is 1.25. The molecule has 4 heteroatoms. The molecule has 0 heterocycles. The van der Waals surface area contributed by atoms with Gasteiger partial charge >= 0.3 is 0 Å². The Morgan fingerprint density at radius 1 is 1.56 bits per heavy atom. The van der Waals surface area contributed by atoms with E-state index in [2.05, 4.69) is 13.0 Å². The van der Waals surface area contributed by atoms with Crippen LogP contribution < -0.4 is 4.74 Å². The van der Waals surface area contributed by atoms with E-state index in [1.54, 1.807) is 31.0 Å². The van der Waals surface area contributed by atoms with Gasteiger partial charge in [-0.15, -0.1) is 23.4 Å². The molecule has 0 bridgehead atoms. The topological polar surface area (TPSA) is 33.0 Å². The number of halogens is 1. The van der Waals surface area contributed by atoms with Crippen LogP contribution in [-0.2, 0) is 0 Å². The highest BCUT2D eigenvalue weighted by Crippen LogP contribution is 2.31. The lowest BCUT2D eigenvalue weighted by Gasteiger charge is -2.11. The van der Waals surface area contributed by atoms with Crippen molar-refractivity contribution in [3.63, 3.8) is 0 Å². The van der Waals surface area contributed by atoms with Crippen molar-refractivity contribution in [3.8, 4) is 11.8 Å². The molecule has 0 saturated heterocycles. The number of hydrogen-bond donors (Lipinski definition) is 0. The van der Waals surface area contributed by atoms with Crippen molar-refractivity contribution in [2.24, 2.45) is 0 Å². The van der Waals surface area contributed by atoms with E-state index in [4.69, 9.17) is 21.6 Å². The molecule has 0 saturated carbocycles. The molecule has 2 nitrogen and oxygen atoms in total. The first-order valence-corrected chi connectivity index (χ1v) is 6.43. The molecule has 0 aliphatic heterocycles. The Balaban J connectivity index is 2.88. The third-order valence-electron chi connectivity index (χ3n) is 2.15. The zero-order chi connectivity index (χ0) is 12.0. The van der Waals surface area contributed by atoms with E-state index in [0.717, 1.165) is 17.1 Å². The molecular formula is C12H14ClNOS. The number of hydrogen-bond acceptors (Lipinski definition) is 3. The van der Waals surface area contributed by atoms with Crippen molar-refractivity contribution in [2.75, 3.05) is 13.0 Å². The monoisotopic (exact) mass is 255 g/mol. The first-order valence-electron chi connectivity index (χ1n) is 5.02. The smallest absolute Gasteiger partial charge is 0.120 e. The quantitative estimate of drug-likeness (QED) is 0.594. The number of ether oxygens (including phenoxy) is 1. The lowest BCUT2D eigenvalue weighted by atomic mass is 10.2. The van der Waals surface area contributed by atoms with Crippen molar-refractivity contribution in [1.29, 1.82) is 5.26 Å². The van der Waals surface area contributed by atoms with Gasteiger partial charge in [0.1, 0.15) is 11.8 Å². The average molecular weight is 256 g/mol. The molecule has 1 rings (SSSR count). The highest BCUT2D eigenvalue weighted by atomic mass is 35.5. The van der Waals surface area contributed by atoms with Crippen molar-refractivity contribution in [2.45, 2.75) is 23.5 Å². The second kappa shape index (κ2) is 6.67. The fourth-order valence-corrected chi connectivity index (χ4v) is 2.80. The van der Waals surface area contributed by atoms with Crippen LogP contribution in [0.1, 0.15) is 18.9 Å². The van der Waals surface area contributed by atoms with Gasteiger partial charge in [-0.1, -0.05) is 6.92 Å². The molecular weight excluding hydrogens is 242 g/mol. The molecule has 0 aromatic heterocycles. The summed E-state index contributed by atoms with van der Waals surface area (Å²) in [6.07, 6.45) is 0.925. The standard InChI is InChI=1S/C12H14ClNOS/c1-9(5-6-13)16-12-7-11(15-2)4-3-10(12)8-14/h3-4,7,9H,5-6H2,1-2H3. The van der Waals surface area contributed by atoms with Gasteiger partial charge in [-0.2, -0.15) is 5.26 Å². The third-order valence-corrected chi connectivity index (χ3v) is 3.60. The Morgan fingerprint density at radius 3 is 2.88 bits per heavy atom. The van der Waals surface area contributed by atoms with Gasteiger partial charge < -0.3 is 4.74 Å². The molecule has 16 heavy (non-hydrogen) atoms. The van der Waals surface area contributed by atoms with Crippen molar-refractivity contribution < 1.29 is 4.74 Å². The van der Waals surface area contributed by atoms with Crippen LogP contribution in [0.4, 0.5) is 0 Å². The minimum absolute atomic E-state index is 0.400. The van der Waals surface area contributed by atoms with E-state index in [9.17, 15) is 0 Å². The van der Waals surface area contributed by atoms with Gasteiger partial charge in [-0.3, -0.25) is 0 Å². The molecule has 0 amide bonds. The first kappa shape index (κ1) is 13.2. The van der Waals surface area contributed by atoms with E-state index in [1.165, 1.54) is 0 Å². The Hall–Kier alpha value is -0.850. The van der Waals surface area contributed by atoms with Crippen LogP contribution in [0.5, 0.6) is 5.75 Å². The van der Waals surface area contributed by atoms with E-state index in [-0.39, 0.29) is 0 Å². The summed E-state index contributed by atoms with van der Waals surface area (Å²) >= 11 is 7.35. The third kappa shape index (κ3) is 3.62. The van der Waals surface area contributed by atoms with E-state index in [1.807, 2.05) is 6.07 Å². The summed E-state index contributed by atoms with van der Waals surface area (Å²) in [6, 6.07) is 7.67. The average Bonchev–Trinajstić information content (AvgIpc) is 2.29. The Kier molecular flexibility index (Phi) is 5.51. The zero-order valence-electron chi connectivity index (χ0n) is 9.37. The molecule has 86 valence electrons.